The van der Waals surface area contributed by atoms with Crippen molar-refractivity contribution in [2.24, 2.45) is 0 Å². The van der Waals surface area contributed by atoms with Crippen LogP contribution in [0.2, 0.25) is 0 Å². The van der Waals surface area contributed by atoms with Crippen LogP contribution in [-0.2, 0) is 28.6 Å². The quantitative estimate of drug-likeness (QED) is 0.0261. The van der Waals surface area contributed by atoms with Crippen molar-refractivity contribution in [3.05, 3.63) is 72.9 Å². The Morgan fingerprint density at radius 3 is 0.744 bits per heavy atom. The van der Waals surface area contributed by atoms with Gasteiger partial charge in [-0.1, -0.05) is 338 Å². The normalized spacial score (nSPS) is 12.5. The average Bonchev–Trinajstić information content (AvgIpc) is 3.47. The second-order valence-corrected chi connectivity index (χ2v) is 24.1. The molecule has 0 amide bonds. The molecule has 0 aliphatic rings. The van der Waals surface area contributed by atoms with Crippen LogP contribution in [0.15, 0.2) is 72.9 Å². The number of rotatable bonds is 66. The predicted octanol–water partition coefficient (Wildman–Crippen LogP) is 24.8. The van der Waals surface area contributed by atoms with Gasteiger partial charge < -0.3 is 14.2 Å². The van der Waals surface area contributed by atoms with Gasteiger partial charge >= 0.3 is 17.9 Å². The maximum absolute atomic E-state index is 13.0. The fourth-order valence-corrected chi connectivity index (χ4v) is 10.6. The summed E-state index contributed by atoms with van der Waals surface area (Å²) in [6, 6.07) is 0. The topological polar surface area (TPSA) is 78.9 Å². The summed E-state index contributed by atoms with van der Waals surface area (Å²) < 4.78 is 17.0. The van der Waals surface area contributed by atoms with E-state index in [9.17, 15) is 14.4 Å². The monoisotopic (exact) mass is 1150 g/mol. The molecule has 6 heteroatoms. The maximum atomic E-state index is 13.0. The minimum Gasteiger partial charge on any atom is -0.462 e. The van der Waals surface area contributed by atoms with Gasteiger partial charge in [0.25, 0.3) is 0 Å². The van der Waals surface area contributed by atoms with Crippen molar-refractivity contribution in [1.29, 1.82) is 0 Å². The lowest BCUT2D eigenvalue weighted by Gasteiger charge is -2.18. The number of carbonyl (C=O) groups is 3. The second kappa shape index (κ2) is 70.3. The molecule has 0 aromatic rings. The predicted molar refractivity (Wildman–Crippen MR) is 358 cm³/mol. The van der Waals surface area contributed by atoms with Gasteiger partial charge in [0.15, 0.2) is 6.10 Å². The fourth-order valence-electron chi connectivity index (χ4n) is 10.6. The van der Waals surface area contributed by atoms with Crippen molar-refractivity contribution in [2.45, 2.75) is 380 Å². The van der Waals surface area contributed by atoms with Gasteiger partial charge in [-0.05, 0) is 89.9 Å². The molecular weight excluding hydrogens is 1010 g/mol. The fraction of sp³-hybridized carbons (Fsp3) is 0.803. The van der Waals surface area contributed by atoms with E-state index in [2.05, 4.69) is 93.7 Å². The van der Waals surface area contributed by atoms with Crippen LogP contribution in [0.4, 0.5) is 0 Å². The Labute approximate surface area is 510 Å². The van der Waals surface area contributed by atoms with E-state index in [0.717, 1.165) is 116 Å². The van der Waals surface area contributed by atoms with Crippen LogP contribution in [-0.4, -0.2) is 37.2 Å². The first-order valence-corrected chi connectivity index (χ1v) is 35.9. The van der Waals surface area contributed by atoms with Crippen molar-refractivity contribution in [3.8, 4) is 0 Å². The molecule has 0 aromatic heterocycles. The zero-order valence-corrected chi connectivity index (χ0v) is 54.8. The summed E-state index contributed by atoms with van der Waals surface area (Å²) in [6.45, 7) is 6.56. The number of unbranched alkanes of at least 4 members (excludes halogenated alkanes) is 43. The molecule has 0 rings (SSSR count). The van der Waals surface area contributed by atoms with Gasteiger partial charge in [-0.2, -0.15) is 0 Å². The largest absolute Gasteiger partial charge is 0.462 e. The lowest BCUT2D eigenvalue weighted by molar-refractivity contribution is -0.167. The van der Waals surface area contributed by atoms with Gasteiger partial charge in [-0.15, -0.1) is 0 Å². The molecule has 82 heavy (non-hydrogen) atoms. The highest BCUT2D eigenvalue weighted by Crippen LogP contribution is 2.18. The number of hydrogen-bond donors (Lipinski definition) is 0. The minimum absolute atomic E-state index is 0.0809. The summed E-state index contributed by atoms with van der Waals surface area (Å²) in [4.78, 5) is 38.5. The van der Waals surface area contributed by atoms with Gasteiger partial charge in [0.2, 0.25) is 0 Å². The Kier molecular flexibility index (Phi) is 67.6. The maximum Gasteiger partial charge on any atom is 0.306 e. The molecule has 0 saturated carbocycles. The summed E-state index contributed by atoms with van der Waals surface area (Å²) in [5.74, 6) is -0.885. The highest BCUT2D eigenvalue weighted by atomic mass is 16.6. The Bertz CT molecular complexity index is 1500. The molecule has 1 atom stereocenters. The summed E-state index contributed by atoms with van der Waals surface area (Å²) in [6.07, 6.45) is 92.2. The van der Waals surface area contributed by atoms with Crippen LogP contribution in [0.5, 0.6) is 0 Å². The van der Waals surface area contributed by atoms with E-state index in [1.165, 1.54) is 218 Å². The highest BCUT2D eigenvalue weighted by molar-refractivity contribution is 5.71. The van der Waals surface area contributed by atoms with Crippen LogP contribution in [0.3, 0.4) is 0 Å². The lowest BCUT2D eigenvalue weighted by Crippen LogP contribution is -2.30. The Morgan fingerprint density at radius 2 is 0.476 bits per heavy atom. The van der Waals surface area contributed by atoms with E-state index in [1.54, 1.807) is 0 Å². The van der Waals surface area contributed by atoms with E-state index >= 15 is 0 Å². The average molecular weight is 1150 g/mol. The van der Waals surface area contributed by atoms with E-state index in [-0.39, 0.29) is 31.1 Å². The first-order chi connectivity index (χ1) is 40.5. The number of esters is 3. The van der Waals surface area contributed by atoms with Crippen LogP contribution in [0.25, 0.3) is 0 Å². The molecule has 0 radical (unpaired) electrons. The Balaban J connectivity index is 4.30. The van der Waals surface area contributed by atoms with Crippen molar-refractivity contribution in [1.82, 2.24) is 0 Å². The van der Waals surface area contributed by atoms with E-state index in [0.29, 0.717) is 19.3 Å². The van der Waals surface area contributed by atoms with Crippen LogP contribution in [0.1, 0.15) is 374 Å². The lowest BCUT2D eigenvalue weighted by atomic mass is 10.0. The van der Waals surface area contributed by atoms with E-state index in [1.807, 2.05) is 0 Å². The molecule has 0 aromatic carbocycles. The van der Waals surface area contributed by atoms with Gasteiger partial charge in [0.1, 0.15) is 13.2 Å². The molecule has 0 heterocycles. The molecule has 0 N–H and O–H groups in total. The number of carbonyl (C=O) groups excluding carboxylic acids is 3. The first kappa shape index (κ1) is 78.8. The highest BCUT2D eigenvalue weighted by Gasteiger charge is 2.19. The Hall–Kier alpha value is -3.15. The number of hydrogen-bond acceptors (Lipinski definition) is 6. The van der Waals surface area contributed by atoms with Crippen LogP contribution >= 0.6 is 0 Å². The van der Waals surface area contributed by atoms with Crippen LogP contribution in [0, 0.1) is 0 Å². The molecular formula is C76H136O6. The van der Waals surface area contributed by atoms with E-state index < -0.39 is 6.10 Å². The number of allylic oxidation sites excluding steroid dienone is 12. The van der Waals surface area contributed by atoms with Gasteiger partial charge in [-0.3, -0.25) is 14.4 Å². The third kappa shape index (κ3) is 67.6. The molecule has 0 bridgehead atoms. The molecule has 0 saturated heterocycles. The second-order valence-electron chi connectivity index (χ2n) is 24.1. The molecule has 0 aliphatic heterocycles. The van der Waals surface area contributed by atoms with Crippen molar-refractivity contribution < 1.29 is 28.6 Å². The molecule has 0 spiro atoms. The van der Waals surface area contributed by atoms with E-state index in [4.69, 9.17) is 14.2 Å². The summed E-state index contributed by atoms with van der Waals surface area (Å²) in [5, 5.41) is 0. The molecule has 476 valence electrons. The smallest absolute Gasteiger partial charge is 0.306 e. The first-order valence-electron chi connectivity index (χ1n) is 35.9. The van der Waals surface area contributed by atoms with Crippen molar-refractivity contribution in [3.63, 3.8) is 0 Å². The van der Waals surface area contributed by atoms with Gasteiger partial charge in [-0.25, -0.2) is 0 Å². The van der Waals surface area contributed by atoms with Gasteiger partial charge in [0.05, 0.1) is 0 Å². The van der Waals surface area contributed by atoms with Crippen molar-refractivity contribution in [2.75, 3.05) is 13.2 Å². The third-order valence-electron chi connectivity index (χ3n) is 15.9. The standard InChI is InChI=1S/C76H136O6/c1-4-7-10-13-16-19-22-25-28-30-32-34-36-37-38-40-41-43-45-48-51-54-57-60-63-66-69-75(78)81-72-73(71-80-74(77)68-65-62-59-56-53-50-47-27-24-21-18-15-12-9-6-3)82-76(79)70-67-64-61-58-55-52-49-46-44-42-39-35-33-31-29-26-23-20-17-14-11-8-5-2/h9,12,18,21,23,26-27,31,33,39,42,47,73H,4-8,10-11,13-17,19-20,22,24-25,28-30,32,34-38,40-41,43-46,48-72H2,1-3H3/b12-9-,21-18-,26-23-,33-31-,42-39-,47-27-. The molecule has 0 fully saturated rings. The molecule has 1 unspecified atom stereocenters. The third-order valence-corrected chi connectivity index (χ3v) is 15.9. The summed E-state index contributed by atoms with van der Waals surface area (Å²) in [5.41, 5.74) is 0. The zero-order chi connectivity index (χ0) is 59.2. The van der Waals surface area contributed by atoms with Crippen molar-refractivity contribution >= 4 is 17.9 Å². The summed E-state index contributed by atoms with van der Waals surface area (Å²) >= 11 is 0. The van der Waals surface area contributed by atoms with Gasteiger partial charge in [0, 0.05) is 19.3 Å². The zero-order valence-electron chi connectivity index (χ0n) is 54.8. The Morgan fingerprint density at radius 1 is 0.256 bits per heavy atom. The minimum atomic E-state index is -0.788. The van der Waals surface area contributed by atoms with Crippen LogP contribution < -0.4 is 0 Å². The summed E-state index contributed by atoms with van der Waals surface area (Å²) in [7, 11) is 0. The number of ether oxygens (including phenoxy) is 3. The molecule has 6 nitrogen and oxygen atoms in total. The SMILES string of the molecule is CC/C=C\C/C=C\C/C=C\CCCCCCCC(=O)OCC(COC(=O)CCCCCCCCCCCCCCCCCCCCCCCCCCCC)OC(=O)CCCCCCCCCC/C=C\C/C=C\C/C=C\CCCCCCC. The molecule has 0 aliphatic carbocycles.